The van der Waals surface area contributed by atoms with Crippen LogP contribution in [0.15, 0.2) is 0 Å². The van der Waals surface area contributed by atoms with E-state index in [0.29, 0.717) is 32.8 Å². The van der Waals surface area contributed by atoms with Gasteiger partial charge in [0.2, 0.25) is 11.8 Å². The van der Waals surface area contributed by atoms with E-state index in [1.54, 1.807) is 25.9 Å². The van der Waals surface area contributed by atoms with Crippen molar-refractivity contribution in [1.82, 2.24) is 10.2 Å². The third kappa shape index (κ3) is 4.97. The van der Waals surface area contributed by atoms with Crippen molar-refractivity contribution in [3.05, 3.63) is 0 Å². The highest BCUT2D eigenvalue weighted by Gasteiger charge is 2.43. The van der Waals surface area contributed by atoms with E-state index in [0.717, 1.165) is 12.8 Å². The first kappa shape index (κ1) is 17.9. The van der Waals surface area contributed by atoms with Gasteiger partial charge < -0.3 is 19.7 Å². The Balaban J connectivity index is 2.42. The summed E-state index contributed by atoms with van der Waals surface area (Å²) in [5.74, 6) is -0.0623. The van der Waals surface area contributed by atoms with E-state index >= 15 is 0 Å². The molecular weight excluding hydrogens is 272 g/mol. The molecule has 0 aromatic heterocycles. The molecule has 122 valence electrons. The first-order chi connectivity index (χ1) is 9.94. The van der Waals surface area contributed by atoms with Crippen molar-refractivity contribution in [3.63, 3.8) is 0 Å². The van der Waals surface area contributed by atoms with E-state index in [1.807, 2.05) is 6.92 Å². The summed E-state index contributed by atoms with van der Waals surface area (Å²) in [6, 6.07) is -0.347. The molecule has 1 unspecified atom stereocenters. The molecular formula is C15H28N2O4. The second-order valence-corrected chi connectivity index (χ2v) is 5.85. The molecule has 0 aromatic rings. The van der Waals surface area contributed by atoms with Crippen LogP contribution in [0.3, 0.4) is 0 Å². The SMILES string of the molecule is CCC1C(=O)NC(C)(C)C(=O)N1CCCCOCCOC. The maximum Gasteiger partial charge on any atom is 0.248 e. The van der Waals surface area contributed by atoms with Crippen LogP contribution < -0.4 is 5.32 Å². The van der Waals surface area contributed by atoms with Gasteiger partial charge in [0.1, 0.15) is 11.6 Å². The molecule has 0 aromatic carbocycles. The number of hydrogen-bond acceptors (Lipinski definition) is 4. The minimum Gasteiger partial charge on any atom is -0.382 e. The third-order valence-corrected chi connectivity index (χ3v) is 3.67. The van der Waals surface area contributed by atoms with Crippen molar-refractivity contribution in [2.24, 2.45) is 0 Å². The summed E-state index contributed by atoms with van der Waals surface area (Å²) in [6.45, 7) is 7.86. The van der Waals surface area contributed by atoms with Crippen molar-refractivity contribution >= 4 is 11.8 Å². The largest absolute Gasteiger partial charge is 0.382 e. The zero-order valence-electron chi connectivity index (χ0n) is 13.6. The number of rotatable bonds is 9. The molecule has 6 heteroatoms. The van der Waals surface area contributed by atoms with Crippen LogP contribution in [0.2, 0.25) is 0 Å². The molecule has 0 spiro atoms. The van der Waals surface area contributed by atoms with Gasteiger partial charge in [-0.2, -0.15) is 0 Å². The number of nitrogens with zero attached hydrogens (tertiary/aromatic N) is 1. The minimum absolute atomic E-state index is 0.00532. The summed E-state index contributed by atoms with van der Waals surface area (Å²) < 4.78 is 10.3. The summed E-state index contributed by atoms with van der Waals surface area (Å²) in [5, 5.41) is 2.79. The van der Waals surface area contributed by atoms with Gasteiger partial charge >= 0.3 is 0 Å². The summed E-state index contributed by atoms with van der Waals surface area (Å²) in [6.07, 6.45) is 2.34. The lowest BCUT2D eigenvalue weighted by atomic mass is 9.95. The van der Waals surface area contributed by atoms with Crippen LogP contribution in [0.4, 0.5) is 0 Å². The second kappa shape index (κ2) is 8.34. The van der Waals surface area contributed by atoms with E-state index in [2.05, 4.69) is 5.32 Å². The molecule has 1 N–H and O–H groups in total. The van der Waals surface area contributed by atoms with Crippen molar-refractivity contribution < 1.29 is 19.1 Å². The molecule has 1 rings (SSSR count). The number of piperazine rings is 1. The molecule has 1 aliphatic rings. The van der Waals surface area contributed by atoms with Crippen molar-refractivity contribution in [2.45, 2.75) is 51.6 Å². The third-order valence-electron chi connectivity index (χ3n) is 3.67. The van der Waals surface area contributed by atoms with Gasteiger partial charge in [0.05, 0.1) is 13.2 Å². The maximum absolute atomic E-state index is 12.4. The van der Waals surface area contributed by atoms with Crippen LogP contribution in [0.1, 0.15) is 40.0 Å². The highest BCUT2D eigenvalue weighted by molar-refractivity contribution is 5.99. The molecule has 0 saturated carbocycles. The quantitative estimate of drug-likeness (QED) is 0.644. The van der Waals surface area contributed by atoms with Crippen LogP contribution in [0, 0.1) is 0 Å². The van der Waals surface area contributed by atoms with Gasteiger partial charge in [0.25, 0.3) is 0 Å². The van der Waals surface area contributed by atoms with Gasteiger partial charge in [-0.15, -0.1) is 0 Å². The Morgan fingerprint density at radius 3 is 2.52 bits per heavy atom. The summed E-state index contributed by atoms with van der Waals surface area (Å²) >= 11 is 0. The molecule has 0 bridgehead atoms. The van der Waals surface area contributed by atoms with Gasteiger partial charge in [0, 0.05) is 20.3 Å². The summed E-state index contributed by atoms with van der Waals surface area (Å²) in [5.41, 5.74) is -0.808. The highest BCUT2D eigenvalue weighted by atomic mass is 16.5. The van der Waals surface area contributed by atoms with Crippen molar-refractivity contribution in [1.29, 1.82) is 0 Å². The maximum atomic E-state index is 12.4. The van der Waals surface area contributed by atoms with Crippen LogP contribution in [0.25, 0.3) is 0 Å². The number of nitrogens with one attached hydrogen (secondary N) is 1. The summed E-state index contributed by atoms with van der Waals surface area (Å²) in [7, 11) is 1.64. The molecule has 1 aliphatic heterocycles. The number of methoxy groups -OCH3 is 1. The lowest BCUT2D eigenvalue weighted by Gasteiger charge is -2.42. The molecule has 2 amide bonds. The Morgan fingerprint density at radius 2 is 1.90 bits per heavy atom. The number of amides is 2. The average Bonchev–Trinajstić information content (AvgIpc) is 2.42. The second-order valence-electron chi connectivity index (χ2n) is 5.85. The number of carbonyl (C=O) groups is 2. The van der Waals surface area contributed by atoms with Gasteiger partial charge in [0.15, 0.2) is 0 Å². The molecule has 1 heterocycles. The van der Waals surface area contributed by atoms with E-state index in [4.69, 9.17) is 9.47 Å². The Morgan fingerprint density at radius 1 is 1.19 bits per heavy atom. The number of hydrogen-bond donors (Lipinski definition) is 1. The predicted molar refractivity (Wildman–Crippen MR) is 79.9 cm³/mol. The fourth-order valence-corrected chi connectivity index (χ4v) is 2.48. The standard InChI is InChI=1S/C15H28N2O4/c1-5-12-13(18)16-15(2,3)14(19)17(12)8-6-7-9-21-11-10-20-4/h12H,5-11H2,1-4H3,(H,16,18). The zero-order valence-corrected chi connectivity index (χ0v) is 13.6. The molecule has 0 aliphatic carbocycles. The first-order valence-corrected chi connectivity index (χ1v) is 7.63. The summed E-state index contributed by atoms with van der Waals surface area (Å²) in [4.78, 5) is 26.2. The van der Waals surface area contributed by atoms with E-state index in [1.165, 1.54) is 0 Å². The number of unbranched alkanes of at least 4 members (excludes halogenated alkanes) is 1. The fourth-order valence-electron chi connectivity index (χ4n) is 2.48. The van der Waals surface area contributed by atoms with Crippen molar-refractivity contribution in [3.8, 4) is 0 Å². The molecule has 21 heavy (non-hydrogen) atoms. The van der Waals surface area contributed by atoms with Gasteiger partial charge in [-0.3, -0.25) is 9.59 Å². The lowest BCUT2D eigenvalue weighted by molar-refractivity contribution is -0.153. The fraction of sp³-hybridized carbons (Fsp3) is 0.867. The minimum atomic E-state index is -0.808. The van der Waals surface area contributed by atoms with E-state index in [9.17, 15) is 9.59 Å². The van der Waals surface area contributed by atoms with Crippen LogP contribution >= 0.6 is 0 Å². The smallest absolute Gasteiger partial charge is 0.248 e. The van der Waals surface area contributed by atoms with Crippen LogP contribution in [-0.4, -0.2) is 61.8 Å². The van der Waals surface area contributed by atoms with Gasteiger partial charge in [-0.05, 0) is 33.1 Å². The molecule has 1 saturated heterocycles. The molecule has 6 nitrogen and oxygen atoms in total. The number of carbonyl (C=O) groups excluding carboxylic acids is 2. The van der Waals surface area contributed by atoms with Crippen LogP contribution in [-0.2, 0) is 19.1 Å². The lowest BCUT2D eigenvalue weighted by Crippen LogP contribution is -2.68. The highest BCUT2D eigenvalue weighted by Crippen LogP contribution is 2.20. The molecule has 1 fully saturated rings. The molecule has 1 atom stereocenters. The van der Waals surface area contributed by atoms with E-state index < -0.39 is 5.54 Å². The van der Waals surface area contributed by atoms with Crippen molar-refractivity contribution in [2.75, 3.05) is 33.5 Å². The number of ether oxygens (including phenoxy) is 2. The Hall–Kier alpha value is -1.14. The Labute approximate surface area is 127 Å². The van der Waals surface area contributed by atoms with E-state index in [-0.39, 0.29) is 17.9 Å². The first-order valence-electron chi connectivity index (χ1n) is 7.63. The van der Waals surface area contributed by atoms with Gasteiger partial charge in [-0.1, -0.05) is 6.92 Å². The van der Waals surface area contributed by atoms with Crippen LogP contribution in [0.5, 0.6) is 0 Å². The Bertz CT molecular complexity index is 358. The normalized spacial score (nSPS) is 21.5. The van der Waals surface area contributed by atoms with Gasteiger partial charge in [-0.25, -0.2) is 0 Å². The average molecular weight is 300 g/mol. The monoisotopic (exact) mass is 300 g/mol. The molecule has 0 radical (unpaired) electrons. The topological polar surface area (TPSA) is 67.9 Å². The Kier molecular flexibility index (Phi) is 7.11. The predicted octanol–water partition coefficient (Wildman–Crippen LogP) is 0.945. The zero-order chi connectivity index (χ0) is 15.9.